The first-order valence-electron chi connectivity index (χ1n) is 6.38. The van der Waals surface area contributed by atoms with Crippen LogP contribution in [0.5, 0.6) is 0 Å². The van der Waals surface area contributed by atoms with Crippen molar-refractivity contribution >= 4 is 12.1 Å². The number of carbonyl (C=O) groups excluding carboxylic acids is 1. The summed E-state index contributed by atoms with van der Waals surface area (Å²) in [6, 6.07) is -0.779. The average molecular weight is 285 g/mol. The third kappa shape index (κ3) is 2.27. The fourth-order valence-corrected chi connectivity index (χ4v) is 3.16. The van der Waals surface area contributed by atoms with Crippen molar-refractivity contribution < 1.29 is 28.9 Å². The minimum atomic E-state index is -0.914. The molecular weight excluding hydrogens is 266 g/mol. The van der Waals surface area contributed by atoms with Gasteiger partial charge in [-0.3, -0.25) is 9.69 Å². The van der Waals surface area contributed by atoms with Crippen LogP contribution in [0.3, 0.4) is 0 Å². The molecule has 2 bridgehead atoms. The Morgan fingerprint density at radius 2 is 1.90 bits per heavy atom. The molecule has 1 saturated heterocycles. The van der Waals surface area contributed by atoms with E-state index >= 15 is 0 Å². The van der Waals surface area contributed by atoms with Gasteiger partial charge in [-0.25, -0.2) is 4.79 Å². The van der Waals surface area contributed by atoms with Crippen molar-refractivity contribution in [1.82, 2.24) is 4.90 Å². The van der Waals surface area contributed by atoms with Gasteiger partial charge in [0.1, 0.15) is 0 Å². The highest BCUT2D eigenvalue weighted by Gasteiger charge is 2.52. The van der Waals surface area contributed by atoms with Crippen molar-refractivity contribution in [3.05, 3.63) is 12.2 Å². The van der Waals surface area contributed by atoms with E-state index in [2.05, 4.69) is 0 Å². The molecule has 4 atom stereocenters. The molecule has 20 heavy (non-hydrogen) atoms. The Labute approximate surface area is 117 Å². The third-order valence-corrected chi connectivity index (χ3v) is 4.04. The van der Waals surface area contributed by atoms with Gasteiger partial charge in [-0.2, -0.15) is 0 Å². The summed E-state index contributed by atoms with van der Waals surface area (Å²) in [5, 5.41) is 9.30. The smallest absolute Gasteiger partial charge is 0.410 e. The number of hydrogen-bond acceptors (Lipinski definition) is 5. The molecule has 0 spiro atoms. The van der Waals surface area contributed by atoms with E-state index in [0.717, 1.165) is 0 Å². The van der Waals surface area contributed by atoms with Crippen molar-refractivity contribution in [1.29, 1.82) is 0 Å². The zero-order chi connectivity index (χ0) is 14.9. The molecule has 2 heterocycles. The standard InChI is InChI=1S/C13H19NO6/c1-18-12(19-2)7-4-5-9-8(11(15)16)6-10(7)14(9)13(17)20-3/h4-5,7-10,12H,6H2,1-3H3,(H,15,16)/t7-,8+,9+,10+/m1/s1. The highest BCUT2D eigenvalue weighted by Crippen LogP contribution is 2.41. The second-order valence-electron chi connectivity index (χ2n) is 4.92. The lowest BCUT2D eigenvalue weighted by Gasteiger charge is -2.37. The highest BCUT2D eigenvalue weighted by atomic mass is 16.7. The molecule has 2 aliphatic rings. The molecule has 2 aliphatic heterocycles. The Balaban J connectivity index is 2.32. The maximum absolute atomic E-state index is 11.9. The maximum atomic E-state index is 11.9. The SMILES string of the molecule is COC(=O)N1[C@H]2C=C[C@@H](C(OC)OC)[C@@H]1C[C@@H]2C(=O)O. The molecule has 2 rings (SSSR count). The van der Waals surface area contributed by atoms with E-state index < -0.39 is 30.3 Å². The number of nitrogens with zero attached hydrogens (tertiary/aromatic N) is 1. The molecule has 0 radical (unpaired) electrons. The summed E-state index contributed by atoms with van der Waals surface area (Å²) in [4.78, 5) is 24.8. The maximum Gasteiger partial charge on any atom is 0.410 e. The average Bonchev–Trinajstić information content (AvgIpc) is 2.72. The first-order chi connectivity index (χ1) is 9.54. The van der Waals surface area contributed by atoms with Gasteiger partial charge in [0.05, 0.1) is 19.1 Å². The number of rotatable bonds is 4. The molecule has 0 aromatic rings. The van der Waals surface area contributed by atoms with Crippen molar-refractivity contribution in [2.24, 2.45) is 11.8 Å². The molecule has 1 fully saturated rings. The lowest BCUT2D eigenvalue weighted by atomic mass is 9.95. The van der Waals surface area contributed by atoms with E-state index in [9.17, 15) is 14.7 Å². The van der Waals surface area contributed by atoms with Crippen LogP contribution >= 0.6 is 0 Å². The molecule has 0 aliphatic carbocycles. The van der Waals surface area contributed by atoms with Crippen LogP contribution in [-0.4, -0.2) is 61.8 Å². The molecule has 112 valence electrons. The first-order valence-corrected chi connectivity index (χ1v) is 6.38. The van der Waals surface area contributed by atoms with Crippen molar-refractivity contribution in [2.45, 2.75) is 24.8 Å². The largest absolute Gasteiger partial charge is 0.481 e. The van der Waals surface area contributed by atoms with E-state index in [-0.39, 0.29) is 12.0 Å². The predicted molar refractivity (Wildman–Crippen MR) is 68.0 cm³/mol. The molecule has 1 N–H and O–H groups in total. The molecule has 0 saturated carbocycles. The van der Waals surface area contributed by atoms with Gasteiger partial charge in [0.2, 0.25) is 0 Å². The second kappa shape index (κ2) is 5.80. The zero-order valence-corrected chi connectivity index (χ0v) is 11.7. The van der Waals surface area contributed by atoms with Crippen molar-refractivity contribution in [2.75, 3.05) is 21.3 Å². The van der Waals surface area contributed by atoms with Gasteiger partial charge in [0.15, 0.2) is 6.29 Å². The van der Waals surface area contributed by atoms with E-state index in [1.807, 2.05) is 6.08 Å². The van der Waals surface area contributed by atoms with Crippen molar-refractivity contribution in [3.63, 3.8) is 0 Å². The second-order valence-corrected chi connectivity index (χ2v) is 4.92. The normalized spacial score (nSPS) is 31.7. The Hall–Kier alpha value is -1.60. The summed E-state index contributed by atoms with van der Waals surface area (Å²) in [7, 11) is 4.31. The number of carboxylic acids is 1. The summed E-state index contributed by atoms with van der Waals surface area (Å²) in [6.45, 7) is 0. The zero-order valence-electron chi connectivity index (χ0n) is 11.7. The number of aliphatic carboxylic acids is 1. The summed E-state index contributed by atoms with van der Waals surface area (Å²) in [5.41, 5.74) is 0. The van der Waals surface area contributed by atoms with Gasteiger partial charge in [0, 0.05) is 26.2 Å². The van der Waals surface area contributed by atoms with Gasteiger partial charge in [-0.05, 0) is 6.42 Å². The van der Waals surface area contributed by atoms with Crippen LogP contribution in [0.25, 0.3) is 0 Å². The van der Waals surface area contributed by atoms with Crippen LogP contribution in [-0.2, 0) is 19.0 Å². The van der Waals surface area contributed by atoms with Gasteiger partial charge < -0.3 is 19.3 Å². The highest BCUT2D eigenvalue weighted by molar-refractivity contribution is 5.76. The molecule has 7 nitrogen and oxygen atoms in total. The first kappa shape index (κ1) is 14.8. The number of carbonyl (C=O) groups is 2. The number of amides is 1. The van der Waals surface area contributed by atoms with Crippen LogP contribution in [0.4, 0.5) is 4.79 Å². The summed E-state index contributed by atoms with van der Waals surface area (Å²) in [5.74, 6) is -1.76. The minimum Gasteiger partial charge on any atom is -0.481 e. The summed E-state index contributed by atoms with van der Waals surface area (Å²) in [6.07, 6.45) is 2.90. The number of methoxy groups -OCH3 is 3. The summed E-state index contributed by atoms with van der Waals surface area (Å²) < 4.78 is 15.3. The Bertz CT molecular complexity index is 419. The van der Waals surface area contributed by atoms with Gasteiger partial charge in [-0.15, -0.1) is 0 Å². The Morgan fingerprint density at radius 3 is 2.40 bits per heavy atom. The molecule has 1 amide bonds. The molecule has 0 aromatic heterocycles. The number of fused-ring (bicyclic) bond motifs is 2. The molecule has 0 unspecified atom stereocenters. The van der Waals surface area contributed by atoms with Crippen LogP contribution < -0.4 is 0 Å². The Kier molecular flexibility index (Phi) is 4.29. The van der Waals surface area contributed by atoms with Gasteiger partial charge >= 0.3 is 12.1 Å². The number of carboxylic acid groups (broad SMARTS) is 1. The van der Waals surface area contributed by atoms with Crippen LogP contribution in [0.2, 0.25) is 0 Å². The summed E-state index contributed by atoms with van der Waals surface area (Å²) >= 11 is 0. The molecule has 0 aromatic carbocycles. The number of hydrogen-bond donors (Lipinski definition) is 1. The fourth-order valence-electron chi connectivity index (χ4n) is 3.16. The third-order valence-electron chi connectivity index (χ3n) is 4.04. The van der Waals surface area contributed by atoms with E-state index in [1.54, 1.807) is 6.08 Å². The van der Waals surface area contributed by atoms with Gasteiger partial charge in [0.25, 0.3) is 0 Å². The van der Waals surface area contributed by atoms with E-state index in [1.165, 1.54) is 26.2 Å². The lowest BCUT2D eigenvalue weighted by molar-refractivity contribution is -0.142. The molecule has 7 heteroatoms. The quantitative estimate of drug-likeness (QED) is 0.604. The van der Waals surface area contributed by atoms with Crippen LogP contribution in [0.15, 0.2) is 12.2 Å². The van der Waals surface area contributed by atoms with E-state index in [4.69, 9.17) is 14.2 Å². The Morgan fingerprint density at radius 1 is 1.25 bits per heavy atom. The van der Waals surface area contributed by atoms with Gasteiger partial charge in [-0.1, -0.05) is 12.2 Å². The fraction of sp³-hybridized carbons (Fsp3) is 0.692. The number of ether oxygens (including phenoxy) is 3. The van der Waals surface area contributed by atoms with E-state index in [0.29, 0.717) is 6.42 Å². The molecular formula is C13H19NO6. The topological polar surface area (TPSA) is 85.3 Å². The van der Waals surface area contributed by atoms with Crippen molar-refractivity contribution in [3.8, 4) is 0 Å². The monoisotopic (exact) mass is 285 g/mol. The van der Waals surface area contributed by atoms with Crippen LogP contribution in [0, 0.1) is 11.8 Å². The minimum absolute atomic E-state index is 0.218. The van der Waals surface area contributed by atoms with Crippen LogP contribution in [0.1, 0.15) is 6.42 Å². The lowest BCUT2D eigenvalue weighted by Crippen LogP contribution is -2.50. The predicted octanol–water partition coefficient (Wildman–Crippen LogP) is 0.701.